The quantitative estimate of drug-likeness (QED) is 0.370. The summed E-state index contributed by atoms with van der Waals surface area (Å²) in [5, 5.41) is 0. The predicted octanol–water partition coefficient (Wildman–Crippen LogP) is 0.274. The summed E-state index contributed by atoms with van der Waals surface area (Å²) < 4.78 is 0. The molecule has 0 saturated heterocycles. The average molecular weight is 180 g/mol. The number of rotatable bonds is 0. The number of hydrogen-bond donors (Lipinski definition) is 0. The Hall–Kier alpha value is 0.655. The molecule has 0 spiro atoms. The van der Waals surface area contributed by atoms with Crippen LogP contribution in [0.15, 0.2) is 0 Å². The molecule has 0 aliphatic heterocycles. The summed E-state index contributed by atoms with van der Waals surface area (Å²) in [6.07, 6.45) is 0. The largest absolute Gasteiger partial charge is 0.269 e. The first-order valence-corrected chi connectivity index (χ1v) is 2.54. The second kappa shape index (κ2) is 60.1. The van der Waals surface area contributed by atoms with Gasteiger partial charge in [0.1, 0.15) is 0 Å². The van der Waals surface area contributed by atoms with Crippen molar-refractivity contribution in [3.8, 4) is 0 Å². The fraction of sp³-hybridized carbons (Fsp3) is 0. The monoisotopic (exact) mass is 180 g/mol. The van der Waals surface area contributed by atoms with Gasteiger partial charge in [0, 0.05) is 0 Å². The van der Waals surface area contributed by atoms with Gasteiger partial charge in [-0.15, -0.1) is 0 Å². The lowest BCUT2D eigenvalue weighted by Crippen LogP contribution is -0.931. The van der Waals surface area contributed by atoms with E-state index in [1.165, 1.54) is 0 Å². The average Bonchev–Trinajstić information content (AvgIpc) is 1.00. The molecule has 0 aromatic carbocycles. The van der Waals surface area contributed by atoms with Crippen LogP contribution in [0.1, 0.15) is 0 Å². The molecule has 0 aliphatic carbocycles. The molecule has 0 fully saturated rings. The molecule has 4 heteroatoms. The van der Waals surface area contributed by atoms with Crippen LogP contribution in [0.5, 0.6) is 0 Å². The van der Waals surface area contributed by atoms with Crippen molar-refractivity contribution in [2.24, 2.45) is 0 Å². The molecule has 0 aliphatic rings. The van der Waals surface area contributed by atoms with Crippen LogP contribution in [-0.4, -0.2) is 5.70 Å². The van der Waals surface area contributed by atoms with Crippen molar-refractivity contribution in [2.75, 3.05) is 0 Å². The summed E-state index contributed by atoms with van der Waals surface area (Å²) in [4.78, 5) is 0. The Bertz CT molecular complexity index is 6.00. The molecule has 0 atom stereocenters. The van der Waals surface area contributed by atoms with Gasteiger partial charge in [-0.25, -0.2) is 0 Å². The molecule has 28 valence electrons. The van der Waals surface area contributed by atoms with Gasteiger partial charge in [0.2, 0.25) is 0 Å². The van der Waals surface area contributed by atoms with Crippen LogP contribution in [0.25, 0.3) is 0 Å². The Balaban J connectivity index is -0.00000000500. The van der Waals surface area contributed by atoms with Crippen molar-refractivity contribution < 1.29 is 9.41 Å². The summed E-state index contributed by atoms with van der Waals surface area (Å²) in [6, 6.07) is 0. The van der Waals surface area contributed by atoms with E-state index < -0.39 is 0 Å². The van der Waals surface area contributed by atoms with Gasteiger partial charge in [0.05, 0.1) is 0 Å². The normalized spacial score (nSPS) is 1.25. The molecule has 0 rings (SSSR count). The van der Waals surface area contributed by atoms with E-state index in [1.807, 2.05) is 5.70 Å². The molecule has 0 heterocycles. The fourth-order valence-electron chi connectivity index (χ4n) is 0. The Morgan fingerprint density at radius 1 is 1.00 bits per heavy atom. The van der Waals surface area contributed by atoms with E-state index in [0.29, 0.717) is 0 Å². The van der Waals surface area contributed by atoms with Crippen molar-refractivity contribution in [3.05, 3.63) is 0 Å². The molecular formula is H4BF2I. The maximum absolute atomic E-state index is 2.15. The Morgan fingerprint density at radius 3 is 1.00 bits per heavy atom. The maximum Gasteiger partial charge on any atom is 0.181 e. The topological polar surface area (TPSA) is 0 Å². The smallest absolute Gasteiger partial charge is 0.181 e. The summed E-state index contributed by atoms with van der Waals surface area (Å²) in [7, 11) is 0. The predicted molar refractivity (Wildman–Crippen MR) is 27.6 cm³/mol. The van der Waals surface area contributed by atoms with Crippen molar-refractivity contribution in [2.45, 2.75) is 0 Å². The van der Waals surface area contributed by atoms with Crippen molar-refractivity contribution in [1.82, 2.24) is 0 Å². The van der Waals surface area contributed by atoms with E-state index in [1.54, 1.807) is 0 Å². The zero-order valence-electron chi connectivity index (χ0n) is 2.19. The third-order valence-corrected chi connectivity index (χ3v) is 0. The molecule has 0 bridgehead atoms. The Kier molecular flexibility index (Phi) is 341. The molecule has 4 heavy (non-hydrogen) atoms. The first-order chi connectivity index (χ1) is 1.00. The SMILES string of the molecule is BI.F.F. The van der Waals surface area contributed by atoms with Gasteiger partial charge in [-0.3, -0.25) is 9.41 Å². The number of hydrogen-bond acceptors (Lipinski definition) is 0. The summed E-state index contributed by atoms with van der Waals surface area (Å²) in [5.74, 6) is 0. The van der Waals surface area contributed by atoms with E-state index in [9.17, 15) is 0 Å². The highest BCUT2D eigenvalue weighted by Gasteiger charge is 1.02. The van der Waals surface area contributed by atoms with Gasteiger partial charge in [0.15, 0.2) is 5.70 Å². The third kappa shape index (κ3) is 17.0. The van der Waals surface area contributed by atoms with E-state index in [-0.39, 0.29) is 9.41 Å². The van der Waals surface area contributed by atoms with E-state index in [2.05, 4.69) is 22.4 Å². The second-order valence-electron chi connectivity index (χ2n) is 0. The Labute approximate surface area is 38.0 Å². The van der Waals surface area contributed by atoms with Gasteiger partial charge < -0.3 is 0 Å². The summed E-state index contributed by atoms with van der Waals surface area (Å²) >= 11 is 2.15. The van der Waals surface area contributed by atoms with Gasteiger partial charge in [-0.2, -0.15) is 22.4 Å². The van der Waals surface area contributed by atoms with Crippen molar-refractivity contribution in [3.63, 3.8) is 0 Å². The van der Waals surface area contributed by atoms with Crippen LogP contribution in [0.4, 0.5) is 9.41 Å². The number of halogens is 3. The lowest BCUT2D eigenvalue weighted by Gasteiger charge is -1.00. The Morgan fingerprint density at radius 2 is 1.00 bits per heavy atom. The molecule has 0 unspecified atom stereocenters. The minimum atomic E-state index is 0. The van der Waals surface area contributed by atoms with Crippen molar-refractivity contribution in [1.29, 1.82) is 0 Å². The lowest BCUT2D eigenvalue weighted by molar-refractivity contribution is 1.11. The van der Waals surface area contributed by atoms with Crippen molar-refractivity contribution >= 4 is 28.1 Å². The standard InChI is InChI=1S/BH2I.2FH/c1-2;;/h1H2;2*1H. The van der Waals surface area contributed by atoms with Crippen LogP contribution in [0.3, 0.4) is 0 Å². The highest BCUT2D eigenvalue weighted by atomic mass is 127. The van der Waals surface area contributed by atoms with Gasteiger partial charge in [0.25, 0.3) is 0 Å². The third-order valence-electron chi connectivity index (χ3n) is 0. The minimum Gasteiger partial charge on any atom is -0.269 e. The highest BCUT2D eigenvalue weighted by molar-refractivity contribution is 14.1. The first-order valence-electron chi connectivity index (χ1n) is 0.378. The molecule has 0 amide bonds. The zero-order chi connectivity index (χ0) is 2.00. The molecule has 0 nitrogen and oxygen atoms in total. The van der Waals surface area contributed by atoms with Gasteiger partial charge in [-0.05, 0) is 0 Å². The molecule has 0 N–H and O–H groups in total. The van der Waals surface area contributed by atoms with E-state index >= 15 is 0 Å². The summed E-state index contributed by atoms with van der Waals surface area (Å²) in [5.41, 5.74) is 1.97. The van der Waals surface area contributed by atoms with Crippen LogP contribution >= 0.6 is 22.4 Å². The molecule has 0 radical (unpaired) electrons. The van der Waals surface area contributed by atoms with Crippen LogP contribution in [0.2, 0.25) is 0 Å². The second-order valence-corrected chi connectivity index (χ2v) is 0. The first kappa shape index (κ1) is 22.7. The minimum absolute atomic E-state index is 0. The van der Waals surface area contributed by atoms with Crippen LogP contribution in [0, 0.1) is 0 Å². The van der Waals surface area contributed by atoms with Gasteiger partial charge in [-0.1, -0.05) is 0 Å². The molecule has 0 aromatic heterocycles. The van der Waals surface area contributed by atoms with E-state index in [0.717, 1.165) is 0 Å². The molecule has 0 aromatic rings. The maximum atomic E-state index is 2.15. The molecular weight excluding hydrogens is 176 g/mol. The lowest BCUT2D eigenvalue weighted by atomic mass is 10.8. The van der Waals surface area contributed by atoms with E-state index in [4.69, 9.17) is 0 Å². The molecule has 0 saturated carbocycles. The summed E-state index contributed by atoms with van der Waals surface area (Å²) in [6.45, 7) is 0. The van der Waals surface area contributed by atoms with Crippen LogP contribution < -0.4 is 0 Å². The van der Waals surface area contributed by atoms with Gasteiger partial charge >= 0.3 is 0 Å². The van der Waals surface area contributed by atoms with Crippen LogP contribution in [-0.2, 0) is 0 Å². The fourth-order valence-corrected chi connectivity index (χ4v) is 0. The zero-order valence-corrected chi connectivity index (χ0v) is 4.35. The highest BCUT2D eigenvalue weighted by Crippen LogP contribution is 1.44.